The Morgan fingerprint density at radius 3 is 2.50 bits per heavy atom. The fourth-order valence-corrected chi connectivity index (χ4v) is 2.32. The third-order valence-corrected chi connectivity index (χ3v) is 3.74. The van der Waals surface area contributed by atoms with Gasteiger partial charge in [-0.3, -0.25) is 0 Å². The van der Waals surface area contributed by atoms with Crippen molar-refractivity contribution in [1.82, 2.24) is 5.32 Å². The minimum Gasteiger partial charge on any atom is -0.338 e. The Kier molecular flexibility index (Phi) is 4.99. The van der Waals surface area contributed by atoms with E-state index in [9.17, 15) is 4.79 Å². The normalized spacial score (nSPS) is 10.8. The van der Waals surface area contributed by atoms with E-state index < -0.39 is 0 Å². The second-order valence-corrected chi connectivity index (χ2v) is 5.04. The first-order valence-electron chi connectivity index (χ1n) is 7.27. The average molecular weight is 270 g/mol. The Morgan fingerprint density at radius 2 is 1.75 bits per heavy atom. The summed E-state index contributed by atoms with van der Waals surface area (Å²) < 4.78 is 0. The van der Waals surface area contributed by atoms with E-state index >= 15 is 0 Å². The van der Waals surface area contributed by atoms with Crippen molar-refractivity contribution in [3.8, 4) is 0 Å². The van der Waals surface area contributed by atoms with E-state index in [-0.39, 0.29) is 6.03 Å². The van der Waals surface area contributed by atoms with Crippen LogP contribution in [0.5, 0.6) is 0 Å². The van der Waals surface area contributed by atoms with Crippen LogP contribution in [0.1, 0.15) is 26.7 Å². The summed E-state index contributed by atoms with van der Waals surface area (Å²) in [7, 11) is 0. The molecule has 0 bridgehead atoms. The molecule has 2 rings (SSSR count). The van der Waals surface area contributed by atoms with Crippen LogP contribution in [0.4, 0.5) is 10.5 Å². The molecule has 0 atom stereocenters. The second-order valence-electron chi connectivity index (χ2n) is 5.04. The van der Waals surface area contributed by atoms with Crippen molar-refractivity contribution in [2.24, 2.45) is 5.92 Å². The number of anilines is 1. The fraction of sp³-hybridized carbons (Fsp3) is 0.353. The number of nitrogens with one attached hydrogen (secondary N) is 2. The zero-order chi connectivity index (χ0) is 14.4. The molecule has 0 spiro atoms. The summed E-state index contributed by atoms with van der Waals surface area (Å²) in [5.41, 5.74) is 0.852. The Morgan fingerprint density at radius 1 is 1.05 bits per heavy atom. The molecule has 2 amide bonds. The number of rotatable bonds is 5. The molecule has 0 heterocycles. The van der Waals surface area contributed by atoms with E-state index in [1.165, 1.54) is 0 Å². The number of benzene rings is 2. The monoisotopic (exact) mass is 270 g/mol. The van der Waals surface area contributed by atoms with Gasteiger partial charge in [0.25, 0.3) is 0 Å². The summed E-state index contributed by atoms with van der Waals surface area (Å²) in [4.78, 5) is 12.0. The van der Waals surface area contributed by atoms with Gasteiger partial charge in [0.1, 0.15) is 0 Å². The summed E-state index contributed by atoms with van der Waals surface area (Å²) in [5, 5.41) is 8.08. The van der Waals surface area contributed by atoms with Gasteiger partial charge < -0.3 is 10.6 Å². The van der Waals surface area contributed by atoms with Gasteiger partial charge in [-0.25, -0.2) is 4.79 Å². The Balaban J connectivity index is 2.03. The number of carbonyl (C=O) groups excluding carboxylic acids is 1. The van der Waals surface area contributed by atoms with Crippen LogP contribution >= 0.6 is 0 Å². The number of hydrogen-bond acceptors (Lipinski definition) is 1. The van der Waals surface area contributed by atoms with Crippen LogP contribution < -0.4 is 10.6 Å². The lowest BCUT2D eigenvalue weighted by Crippen LogP contribution is -2.32. The molecule has 0 aromatic heterocycles. The van der Waals surface area contributed by atoms with Crippen molar-refractivity contribution < 1.29 is 4.79 Å². The highest BCUT2D eigenvalue weighted by Gasteiger charge is 2.08. The number of carbonyl (C=O) groups is 1. The molecule has 0 saturated heterocycles. The van der Waals surface area contributed by atoms with Crippen LogP contribution in [0.2, 0.25) is 0 Å². The highest BCUT2D eigenvalue weighted by Crippen LogP contribution is 2.22. The molecule has 0 saturated carbocycles. The van der Waals surface area contributed by atoms with Crippen LogP contribution in [-0.2, 0) is 0 Å². The minimum atomic E-state index is -0.131. The molecule has 2 aromatic carbocycles. The highest BCUT2D eigenvalue weighted by atomic mass is 16.2. The molecule has 3 nitrogen and oxygen atoms in total. The SMILES string of the molecule is CCC(CC)CNC(=O)Nc1cccc2ccccc12. The Labute approximate surface area is 120 Å². The van der Waals surface area contributed by atoms with Gasteiger partial charge >= 0.3 is 6.03 Å². The lowest BCUT2D eigenvalue weighted by atomic mass is 10.0. The summed E-state index contributed by atoms with van der Waals surface area (Å²) in [6, 6.07) is 13.8. The molecule has 0 aliphatic carbocycles. The van der Waals surface area contributed by atoms with Crippen LogP contribution in [-0.4, -0.2) is 12.6 Å². The number of hydrogen-bond donors (Lipinski definition) is 2. The number of urea groups is 1. The van der Waals surface area contributed by atoms with Crippen molar-refractivity contribution in [2.45, 2.75) is 26.7 Å². The van der Waals surface area contributed by atoms with Gasteiger partial charge in [-0.05, 0) is 17.4 Å². The summed E-state index contributed by atoms with van der Waals surface area (Å²) >= 11 is 0. The van der Waals surface area contributed by atoms with Gasteiger partial charge in [0.15, 0.2) is 0 Å². The molecule has 0 radical (unpaired) electrons. The second kappa shape index (κ2) is 6.94. The van der Waals surface area contributed by atoms with Gasteiger partial charge in [0.2, 0.25) is 0 Å². The van der Waals surface area contributed by atoms with Gasteiger partial charge in [0.05, 0.1) is 5.69 Å². The zero-order valence-corrected chi connectivity index (χ0v) is 12.1. The molecular weight excluding hydrogens is 248 g/mol. The molecule has 0 fully saturated rings. The summed E-state index contributed by atoms with van der Waals surface area (Å²) in [6.07, 6.45) is 2.18. The first kappa shape index (κ1) is 14.4. The average Bonchev–Trinajstić information content (AvgIpc) is 2.49. The van der Waals surface area contributed by atoms with E-state index in [0.29, 0.717) is 5.92 Å². The Hall–Kier alpha value is -2.03. The van der Waals surface area contributed by atoms with Crippen molar-refractivity contribution >= 4 is 22.5 Å². The lowest BCUT2D eigenvalue weighted by molar-refractivity contribution is 0.250. The van der Waals surface area contributed by atoms with Gasteiger partial charge in [0, 0.05) is 11.9 Å². The van der Waals surface area contributed by atoms with Crippen molar-refractivity contribution in [3.63, 3.8) is 0 Å². The Bertz CT molecular complexity index is 571. The molecule has 3 heteroatoms. The van der Waals surface area contributed by atoms with E-state index in [1.807, 2.05) is 42.5 Å². The van der Waals surface area contributed by atoms with Crippen LogP contribution in [0.15, 0.2) is 42.5 Å². The van der Waals surface area contributed by atoms with Crippen molar-refractivity contribution in [2.75, 3.05) is 11.9 Å². The topological polar surface area (TPSA) is 41.1 Å². The maximum atomic E-state index is 12.0. The van der Waals surface area contributed by atoms with Crippen LogP contribution in [0.25, 0.3) is 10.8 Å². The number of fused-ring (bicyclic) bond motifs is 1. The van der Waals surface area contributed by atoms with Gasteiger partial charge in [-0.1, -0.05) is 63.1 Å². The smallest absolute Gasteiger partial charge is 0.319 e. The quantitative estimate of drug-likeness (QED) is 0.830. The maximum Gasteiger partial charge on any atom is 0.319 e. The van der Waals surface area contributed by atoms with Crippen molar-refractivity contribution in [1.29, 1.82) is 0 Å². The van der Waals surface area contributed by atoms with Gasteiger partial charge in [-0.2, -0.15) is 0 Å². The molecule has 0 aliphatic rings. The van der Waals surface area contributed by atoms with Crippen LogP contribution in [0, 0.1) is 5.92 Å². The molecule has 20 heavy (non-hydrogen) atoms. The molecular formula is C17H22N2O. The molecule has 0 aliphatic heterocycles. The first-order valence-corrected chi connectivity index (χ1v) is 7.27. The number of amides is 2. The summed E-state index contributed by atoms with van der Waals surface area (Å²) in [6.45, 7) is 5.03. The maximum absolute atomic E-state index is 12.0. The molecule has 106 valence electrons. The highest BCUT2D eigenvalue weighted by molar-refractivity contribution is 6.01. The molecule has 0 unspecified atom stereocenters. The zero-order valence-electron chi connectivity index (χ0n) is 12.1. The minimum absolute atomic E-state index is 0.131. The third kappa shape index (κ3) is 3.50. The van der Waals surface area contributed by atoms with Crippen LogP contribution in [0.3, 0.4) is 0 Å². The predicted molar refractivity (Wildman–Crippen MR) is 85.0 cm³/mol. The van der Waals surface area contributed by atoms with E-state index in [2.05, 4.69) is 24.5 Å². The third-order valence-electron chi connectivity index (χ3n) is 3.74. The fourth-order valence-electron chi connectivity index (χ4n) is 2.32. The van der Waals surface area contributed by atoms with Crippen molar-refractivity contribution in [3.05, 3.63) is 42.5 Å². The molecule has 2 N–H and O–H groups in total. The van der Waals surface area contributed by atoms with E-state index in [1.54, 1.807) is 0 Å². The largest absolute Gasteiger partial charge is 0.338 e. The predicted octanol–water partition coefficient (Wildman–Crippen LogP) is 4.40. The van der Waals surface area contributed by atoms with E-state index in [4.69, 9.17) is 0 Å². The molecule has 2 aromatic rings. The lowest BCUT2D eigenvalue weighted by Gasteiger charge is -2.14. The van der Waals surface area contributed by atoms with E-state index in [0.717, 1.165) is 35.8 Å². The standard InChI is InChI=1S/C17H22N2O/c1-3-13(4-2)12-18-17(20)19-16-11-7-9-14-8-5-6-10-15(14)16/h5-11,13H,3-4,12H2,1-2H3,(H2,18,19,20). The first-order chi connectivity index (χ1) is 9.74. The summed E-state index contributed by atoms with van der Waals surface area (Å²) in [5.74, 6) is 0.549. The van der Waals surface area contributed by atoms with Gasteiger partial charge in [-0.15, -0.1) is 0 Å².